The van der Waals surface area contributed by atoms with Crippen molar-refractivity contribution >= 4 is 0 Å². The van der Waals surface area contributed by atoms with Crippen molar-refractivity contribution in [3.8, 4) is 6.07 Å². The third-order valence-corrected chi connectivity index (χ3v) is 5.30. The van der Waals surface area contributed by atoms with Gasteiger partial charge in [-0.25, -0.2) is 4.98 Å². The summed E-state index contributed by atoms with van der Waals surface area (Å²) in [5, 5.41) is 12.7. The van der Waals surface area contributed by atoms with E-state index in [2.05, 4.69) is 41.6 Å². The Balaban J connectivity index is 1.93. The summed E-state index contributed by atoms with van der Waals surface area (Å²) >= 11 is 0. The average Bonchev–Trinajstić information content (AvgIpc) is 2.69. The molecule has 1 aromatic heterocycles. The fraction of sp³-hybridized carbons (Fsp3) is 0.364. The van der Waals surface area contributed by atoms with Gasteiger partial charge in [-0.1, -0.05) is 37.3 Å². The Kier molecular flexibility index (Phi) is 5.70. The van der Waals surface area contributed by atoms with Crippen LogP contribution in [0.2, 0.25) is 0 Å². The number of nitrogens with one attached hydrogen (secondary N) is 1. The van der Waals surface area contributed by atoms with Gasteiger partial charge in [0.25, 0.3) is 0 Å². The molecule has 1 N–H and O–H groups in total. The lowest BCUT2D eigenvalue weighted by Crippen LogP contribution is -2.41. The van der Waals surface area contributed by atoms with Crippen LogP contribution in [0.15, 0.2) is 60.4 Å². The van der Waals surface area contributed by atoms with E-state index in [9.17, 15) is 5.26 Å². The Bertz CT molecular complexity index is 810. The number of ether oxygens (including phenoxy) is 1. The highest BCUT2D eigenvalue weighted by atomic mass is 16.5. The molecule has 1 heterocycles. The van der Waals surface area contributed by atoms with Crippen LogP contribution in [0.25, 0.3) is 0 Å². The van der Waals surface area contributed by atoms with Gasteiger partial charge in [-0.05, 0) is 60.2 Å². The van der Waals surface area contributed by atoms with E-state index in [-0.39, 0.29) is 0 Å². The fourth-order valence-electron chi connectivity index (χ4n) is 4.01. The number of rotatable bonds is 5. The van der Waals surface area contributed by atoms with Crippen LogP contribution >= 0.6 is 0 Å². The van der Waals surface area contributed by atoms with Crippen LogP contribution < -0.4 is 5.32 Å². The van der Waals surface area contributed by atoms with Gasteiger partial charge in [-0.3, -0.25) is 0 Å². The van der Waals surface area contributed by atoms with E-state index >= 15 is 0 Å². The quantitative estimate of drug-likeness (QED) is 0.876. The molecule has 4 nitrogen and oxygen atoms in total. The number of hydrogen-bond acceptors (Lipinski definition) is 4. The minimum Gasteiger partial charge on any atom is -0.387 e. The highest BCUT2D eigenvalue weighted by Crippen LogP contribution is 2.47. The van der Waals surface area contributed by atoms with Gasteiger partial charge in [0, 0.05) is 19.9 Å². The molecule has 2 unspecified atom stereocenters. The molecule has 1 aliphatic carbocycles. The van der Waals surface area contributed by atoms with E-state index in [1.807, 2.05) is 30.3 Å². The maximum atomic E-state index is 9.24. The number of nitriles is 1. The highest BCUT2D eigenvalue weighted by Gasteiger charge is 2.44. The topological polar surface area (TPSA) is 57.9 Å². The second-order valence-corrected chi connectivity index (χ2v) is 6.81. The van der Waals surface area contributed by atoms with E-state index in [0.717, 1.165) is 31.4 Å². The Morgan fingerprint density at radius 1 is 1.35 bits per heavy atom. The third kappa shape index (κ3) is 3.49. The van der Waals surface area contributed by atoms with Crippen molar-refractivity contribution in [1.29, 1.82) is 5.26 Å². The zero-order valence-electron chi connectivity index (χ0n) is 15.4. The first-order valence-electron chi connectivity index (χ1n) is 9.09. The van der Waals surface area contributed by atoms with Gasteiger partial charge in [0.05, 0.1) is 0 Å². The molecule has 0 spiro atoms. The molecule has 0 saturated heterocycles. The molecule has 26 heavy (non-hydrogen) atoms. The Hall–Kier alpha value is -2.64. The fourth-order valence-corrected chi connectivity index (χ4v) is 4.01. The van der Waals surface area contributed by atoms with Crippen molar-refractivity contribution in [2.45, 2.75) is 38.3 Å². The van der Waals surface area contributed by atoms with E-state index < -0.39 is 5.60 Å². The molecule has 4 heteroatoms. The first-order valence-corrected chi connectivity index (χ1v) is 9.09. The lowest BCUT2D eigenvalue weighted by Gasteiger charge is -2.44. The summed E-state index contributed by atoms with van der Waals surface area (Å²) in [6, 6.07) is 16.3. The van der Waals surface area contributed by atoms with Crippen LogP contribution in [0.5, 0.6) is 0 Å². The summed E-state index contributed by atoms with van der Waals surface area (Å²) in [5.41, 5.74) is 3.38. The van der Waals surface area contributed by atoms with Gasteiger partial charge in [-0.2, -0.15) is 5.26 Å². The molecule has 1 fully saturated rings. The first kappa shape index (κ1) is 18.2. The van der Waals surface area contributed by atoms with Crippen LogP contribution in [-0.4, -0.2) is 12.1 Å². The third-order valence-electron chi connectivity index (χ3n) is 5.30. The zero-order chi connectivity index (χ0) is 18.4. The summed E-state index contributed by atoms with van der Waals surface area (Å²) in [7, 11) is 1.76. The molecule has 1 saturated carbocycles. The van der Waals surface area contributed by atoms with Crippen molar-refractivity contribution in [2.24, 2.45) is 5.92 Å². The predicted molar refractivity (Wildman–Crippen MR) is 102 cm³/mol. The molecule has 0 bridgehead atoms. The minimum atomic E-state index is -0.517. The van der Waals surface area contributed by atoms with Crippen LogP contribution in [0.1, 0.15) is 43.0 Å². The Morgan fingerprint density at radius 2 is 2.15 bits per heavy atom. The van der Waals surface area contributed by atoms with Crippen LogP contribution in [0, 0.1) is 17.2 Å². The summed E-state index contributed by atoms with van der Waals surface area (Å²) < 4.78 is 6.15. The smallest absolute Gasteiger partial charge is 0.140 e. The van der Waals surface area contributed by atoms with Gasteiger partial charge in [0.2, 0.25) is 0 Å². The molecular formula is C22H25N3O. The number of aromatic nitrogens is 1. The molecular weight excluding hydrogens is 322 g/mol. The van der Waals surface area contributed by atoms with Gasteiger partial charge in [0.1, 0.15) is 17.4 Å². The number of hydrogen-bond donors (Lipinski definition) is 1. The van der Waals surface area contributed by atoms with E-state index in [1.54, 1.807) is 13.3 Å². The summed E-state index contributed by atoms with van der Waals surface area (Å²) in [6.45, 7) is 3.00. The van der Waals surface area contributed by atoms with E-state index in [1.165, 1.54) is 11.1 Å². The lowest BCUT2D eigenvalue weighted by atomic mass is 9.69. The van der Waals surface area contributed by atoms with Crippen molar-refractivity contribution in [2.75, 3.05) is 7.11 Å². The van der Waals surface area contributed by atoms with Crippen molar-refractivity contribution in [3.05, 3.63) is 77.3 Å². The minimum absolute atomic E-state index is 0.319. The standard InChI is InChI=1S/C22H25N3O/c1-17-7-6-10-20(16-24-15-18-8-4-3-5-9-18)22(17,26-2)19-11-12-25-21(13-19)14-23/h3-5,8-9,11-13,16-17,24H,6-7,10,15H2,1-2H3/b20-16+. The van der Waals surface area contributed by atoms with Gasteiger partial charge >= 0.3 is 0 Å². The Morgan fingerprint density at radius 3 is 2.88 bits per heavy atom. The summed E-state index contributed by atoms with van der Waals surface area (Å²) in [6.07, 6.45) is 7.02. The van der Waals surface area contributed by atoms with Crippen LogP contribution in [0.3, 0.4) is 0 Å². The molecule has 0 aliphatic heterocycles. The van der Waals surface area contributed by atoms with Crippen LogP contribution in [-0.2, 0) is 16.9 Å². The van der Waals surface area contributed by atoms with E-state index in [4.69, 9.17) is 4.74 Å². The largest absolute Gasteiger partial charge is 0.387 e. The molecule has 2 atom stereocenters. The number of nitrogens with zero attached hydrogens (tertiary/aromatic N) is 2. The van der Waals surface area contributed by atoms with Gasteiger partial charge in [-0.15, -0.1) is 0 Å². The van der Waals surface area contributed by atoms with Gasteiger partial charge < -0.3 is 10.1 Å². The van der Waals surface area contributed by atoms with Crippen LogP contribution in [0.4, 0.5) is 0 Å². The first-order chi connectivity index (χ1) is 12.7. The molecule has 0 radical (unpaired) electrons. The normalized spacial score (nSPS) is 24.2. The molecule has 1 aromatic carbocycles. The van der Waals surface area contributed by atoms with Crippen molar-refractivity contribution in [3.63, 3.8) is 0 Å². The van der Waals surface area contributed by atoms with Crippen molar-refractivity contribution in [1.82, 2.24) is 10.3 Å². The molecule has 2 aromatic rings. The monoisotopic (exact) mass is 347 g/mol. The SMILES string of the molecule is COC1(c2ccnc(C#N)c2)/C(=C/NCc2ccccc2)CCCC1C. The predicted octanol–water partition coefficient (Wildman–Crippen LogP) is 4.29. The maximum absolute atomic E-state index is 9.24. The summed E-state index contributed by atoms with van der Waals surface area (Å²) in [5.74, 6) is 0.319. The Labute approximate surface area is 155 Å². The highest BCUT2D eigenvalue weighted by molar-refractivity contribution is 5.38. The molecule has 0 amide bonds. The zero-order valence-corrected chi connectivity index (χ0v) is 15.4. The number of pyridine rings is 1. The van der Waals surface area contributed by atoms with E-state index in [0.29, 0.717) is 11.6 Å². The second kappa shape index (κ2) is 8.16. The number of benzene rings is 1. The maximum Gasteiger partial charge on any atom is 0.140 e. The molecule has 134 valence electrons. The molecule has 3 rings (SSSR count). The number of methoxy groups -OCH3 is 1. The lowest BCUT2D eigenvalue weighted by molar-refractivity contribution is -0.0434. The summed E-state index contributed by atoms with van der Waals surface area (Å²) in [4.78, 5) is 4.12. The van der Waals surface area contributed by atoms with Crippen molar-refractivity contribution < 1.29 is 4.74 Å². The van der Waals surface area contributed by atoms with Gasteiger partial charge in [0.15, 0.2) is 0 Å². The second-order valence-electron chi connectivity index (χ2n) is 6.81. The average molecular weight is 347 g/mol. The molecule has 1 aliphatic rings.